The van der Waals surface area contributed by atoms with E-state index in [-0.39, 0.29) is 12.6 Å². The van der Waals surface area contributed by atoms with E-state index in [9.17, 15) is 5.11 Å². The van der Waals surface area contributed by atoms with Crippen LogP contribution in [0.25, 0.3) is 0 Å². The standard InChI is InChI=1S/C14H28N6O/c1-6-15-12-16-13(19(7-2)8-3)18-14(17-12)20(9-10-21)11(4)5/h11,21H,6-10H2,1-5H3,(H,15,16,17,18). The van der Waals surface area contributed by atoms with Gasteiger partial charge in [0.1, 0.15) is 0 Å². The molecule has 0 saturated heterocycles. The summed E-state index contributed by atoms with van der Waals surface area (Å²) in [5, 5.41) is 12.4. The maximum Gasteiger partial charge on any atom is 0.232 e. The van der Waals surface area contributed by atoms with Crippen molar-refractivity contribution in [1.82, 2.24) is 15.0 Å². The molecule has 7 nitrogen and oxygen atoms in total. The first-order chi connectivity index (χ1) is 10.1. The van der Waals surface area contributed by atoms with Gasteiger partial charge in [-0.1, -0.05) is 0 Å². The zero-order valence-electron chi connectivity index (χ0n) is 13.8. The molecule has 0 atom stereocenters. The number of nitrogens with one attached hydrogen (secondary N) is 1. The van der Waals surface area contributed by atoms with Crippen molar-refractivity contribution in [3.8, 4) is 0 Å². The van der Waals surface area contributed by atoms with Crippen molar-refractivity contribution in [3.63, 3.8) is 0 Å². The Hall–Kier alpha value is -1.63. The summed E-state index contributed by atoms with van der Waals surface area (Å²) in [4.78, 5) is 17.6. The summed E-state index contributed by atoms with van der Waals surface area (Å²) in [5.41, 5.74) is 0. The molecule has 0 aromatic carbocycles. The molecule has 0 spiro atoms. The van der Waals surface area contributed by atoms with Crippen LogP contribution in [0.15, 0.2) is 0 Å². The third-order valence-corrected chi connectivity index (χ3v) is 3.21. The van der Waals surface area contributed by atoms with E-state index >= 15 is 0 Å². The van der Waals surface area contributed by atoms with Crippen LogP contribution in [0.5, 0.6) is 0 Å². The van der Waals surface area contributed by atoms with Gasteiger partial charge in [0, 0.05) is 32.2 Å². The maximum absolute atomic E-state index is 9.25. The first-order valence-electron chi connectivity index (χ1n) is 7.69. The normalized spacial score (nSPS) is 10.8. The second kappa shape index (κ2) is 8.61. The highest BCUT2D eigenvalue weighted by Crippen LogP contribution is 2.18. The molecule has 0 bridgehead atoms. The molecule has 1 aromatic rings. The van der Waals surface area contributed by atoms with E-state index in [0.717, 1.165) is 19.6 Å². The number of rotatable bonds is 9. The van der Waals surface area contributed by atoms with Crippen molar-refractivity contribution in [2.75, 3.05) is 47.9 Å². The lowest BCUT2D eigenvalue weighted by molar-refractivity contribution is 0.298. The first kappa shape index (κ1) is 17.4. The zero-order valence-corrected chi connectivity index (χ0v) is 13.8. The molecule has 21 heavy (non-hydrogen) atoms. The number of aliphatic hydroxyl groups is 1. The second-order valence-electron chi connectivity index (χ2n) is 4.97. The molecule has 1 heterocycles. The zero-order chi connectivity index (χ0) is 15.8. The van der Waals surface area contributed by atoms with Gasteiger partial charge < -0.3 is 20.2 Å². The molecule has 2 N–H and O–H groups in total. The minimum Gasteiger partial charge on any atom is -0.395 e. The predicted molar refractivity (Wildman–Crippen MR) is 87.1 cm³/mol. The van der Waals surface area contributed by atoms with E-state index in [1.54, 1.807) is 0 Å². The first-order valence-corrected chi connectivity index (χ1v) is 7.69. The van der Waals surface area contributed by atoms with Gasteiger partial charge in [-0.25, -0.2) is 0 Å². The van der Waals surface area contributed by atoms with Gasteiger partial charge in [-0.05, 0) is 34.6 Å². The van der Waals surface area contributed by atoms with Crippen LogP contribution < -0.4 is 15.1 Å². The van der Waals surface area contributed by atoms with Crippen molar-refractivity contribution in [2.24, 2.45) is 0 Å². The van der Waals surface area contributed by atoms with Crippen LogP contribution in [-0.4, -0.2) is 58.9 Å². The van der Waals surface area contributed by atoms with E-state index in [2.05, 4.69) is 52.9 Å². The Kier molecular flexibility index (Phi) is 7.14. The van der Waals surface area contributed by atoms with Crippen molar-refractivity contribution < 1.29 is 5.11 Å². The summed E-state index contributed by atoms with van der Waals surface area (Å²) in [6, 6.07) is 0.207. The maximum atomic E-state index is 9.25. The molecule has 0 amide bonds. The van der Waals surface area contributed by atoms with Crippen LogP contribution in [0.3, 0.4) is 0 Å². The van der Waals surface area contributed by atoms with E-state index in [1.165, 1.54) is 0 Å². The Morgan fingerprint density at radius 2 is 1.67 bits per heavy atom. The fraction of sp³-hybridized carbons (Fsp3) is 0.786. The lowest BCUT2D eigenvalue weighted by Gasteiger charge is -2.27. The fourth-order valence-corrected chi connectivity index (χ4v) is 2.06. The van der Waals surface area contributed by atoms with Crippen molar-refractivity contribution >= 4 is 17.8 Å². The Labute approximate surface area is 127 Å². The van der Waals surface area contributed by atoms with Crippen LogP contribution in [0, 0.1) is 0 Å². The van der Waals surface area contributed by atoms with Crippen LogP contribution in [-0.2, 0) is 0 Å². The van der Waals surface area contributed by atoms with Gasteiger partial charge in [0.15, 0.2) is 0 Å². The fourth-order valence-electron chi connectivity index (χ4n) is 2.06. The second-order valence-corrected chi connectivity index (χ2v) is 4.97. The molecule has 7 heteroatoms. The largest absolute Gasteiger partial charge is 0.395 e. The predicted octanol–water partition coefficient (Wildman–Crippen LogP) is 1.36. The highest BCUT2D eigenvalue weighted by Gasteiger charge is 2.17. The van der Waals surface area contributed by atoms with Crippen molar-refractivity contribution in [2.45, 2.75) is 40.7 Å². The number of aromatic nitrogens is 3. The topological polar surface area (TPSA) is 77.4 Å². The highest BCUT2D eigenvalue weighted by atomic mass is 16.3. The minimum atomic E-state index is 0.0704. The Bertz CT molecular complexity index is 422. The molecule has 0 unspecified atom stereocenters. The number of anilines is 3. The summed E-state index contributed by atoms with van der Waals surface area (Å²) in [5.74, 6) is 1.85. The molecule has 0 aliphatic heterocycles. The molecule has 1 aromatic heterocycles. The summed E-state index contributed by atoms with van der Waals surface area (Å²) >= 11 is 0. The molecule has 0 radical (unpaired) electrons. The van der Waals surface area contributed by atoms with Gasteiger partial charge in [-0.3, -0.25) is 0 Å². The lowest BCUT2D eigenvalue weighted by Crippen LogP contribution is -2.36. The molecule has 120 valence electrons. The van der Waals surface area contributed by atoms with Crippen molar-refractivity contribution in [1.29, 1.82) is 0 Å². The van der Waals surface area contributed by atoms with Crippen LogP contribution in [0.2, 0.25) is 0 Å². The van der Waals surface area contributed by atoms with E-state index in [4.69, 9.17) is 0 Å². The summed E-state index contributed by atoms with van der Waals surface area (Å²) in [6.45, 7) is 13.3. The molecule has 0 aliphatic carbocycles. The molecule has 0 saturated carbocycles. The van der Waals surface area contributed by atoms with Crippen LogP contribution in [0.1, 0.15) is 34.6 Å². The van der Waals surface area contributed by atoms with Gasteiger partial charge in [-0.2, -0.15) is 15.0 Å². The van der Waals surface area contributed by atoms with Gasteiger partial charge in [0.2, 0.25) is 17.8 Å². The van der Waals surface area contributed by atoms with E-state index in [1.807, 2.05) is 11.8 Å². The van der Waals surface area contributed by atoms with Gasteiger partial charge in [0.25, 0.3) is 0 Å². The van der Waals surface area contributed by atoms with Crippen LogP contribution >= 0.6 is 0 Å². The third kappa shape index (κ3) is 4.70. The summed E-state index contributed by atoms with van der Waals surface area (Å²) in [7, 11) is 0. The number of nitrogens with zero attached hydrogens (tertiary/aromatic N) is 5. The quantitative estimate of drug-likeness (QED) is 0.712. The lowest BCUT2D eigenvalue weighted by atomic mass is 10.3. The monoisotopic (exact) mass is 296 g/mol. The van der Waals surface area contributed by atoms with E-state index in [0.29, 0.717) is 24.4 Å². The summed E-state index contributed by atoms with van der Waals surface area (Å²) < 4.78 is 0. The van der Waals surface area contributed by atoms with Crippen LogP contribution in [0.4, 0.5) is 17.8 Å². The molecular formula is C14H28N6O. The van der Waals surface area contributed by atoms with Gasteiger partial charge in [0.05, 0.1) is 6.61 Å². The molecule has 0 fully saturated rings. The number of hydrogen-bond acceptors (Lipinski definition) is 7. The average Bonchev–Trinajstić information content (AvgIpc) is 2.46. The number of aliphatic hydroxyl groups excluding tert-OH is 1. The minimum absolute atomic E-state index is 0.0704. The Morgan fingerprint density at radius 1 is 1.05 bits per heavy atom. The Balaban J connectivity index is 3.22. The Morgan fingerprint density at radius 3 is 2.14 bits per heavy atom. The molecular weight excluding hydrogens is 268 g/mol. The smallest absolute Gasteiger partial charge is 0.232 e. The molecule has 0 aliphatic rings. The van der Waals surface area contributed by atoms with Gasteiger partial charge in [-0.15, -0.1) is 0 Å². The number of hydrogen-bond donors (Lipinski definition) is 2. The average molecular weight is 296 g/mol. The SMILES string of the molecule is CCNc1nc(N(CC)CC)nc(N(CCO)C(C)C)n1. The van der Waals surface area contributed by atoms with E-state index < -0.39 is 0 Å². The van der Waals surface area contributed by atoms with Gasteiger partial charge >= 0.3 is 0 Å². The molecule has 1 rings (SSSR count). The van der Waals surface area contributed by atoms with Crippen molar-refractivity contribution in [3.05, 3.63) is 0 Å². The highest BCUT2D eigenvalue weighted by molar-refractivity contribution is 5.45. The summed E-state index contributed by atoms with van der Waals surface area (Å²) in [6.07, 6.45) is 0. The third-order valence-electron chi connectivity index (χ3n) is 3.21.